The summed E-state index contributed by atoms with van der Waals surface area (Å²) in [7, 11) is 3.10. The van der Waals surface area contributed by atoms with Crippen LogP contribution in [0.1, 0.15) is 25.8 Å². The number of fused-ring (bicyclic) bond motifs is 1. The number of amides is 3. The third-order valence-electron chi connectivity index (χ3n) is 4.86. The number of hydrogen-bond donors (Lipinski definition) is 2. The van der Waals surface area contributed by atoms with Gasteiger partial charge in [-0.1, -0.05) is 13.8 Å². The molecule has 3 rings (SSSR count). The van der Waals surface area contributed by atoms with E-state index in [2.05, 4.69) is 10.6 Å². The first-order valence-electron chi connectivity index (χ1n) is 9.67. The van der Waals surface area contributed by atoms with Crippen molar-refractivity contribution in [3.05, 3.63) is 42.0 Å². The predicted octanol–water partition coefficient (Wildman–Crippen LogP) is 4.28. The minimum Gasteiger partial charge on any atom is -0.493 e. The molecule has 1 aliphatic rings. The second-order valence-corrected chi connectivity index (χ2v) is 7.24. The van der Waals surface area contributed by atoms with Crippen LogP contribution in [0, 0.1) is 5.92 Å². The Bertz CT molecular complexity index is 911. The molecule has 0 aromatic heterocycles. The van der Waals surface area contributed by atoms with Gasteiger partial charge in [0.2, 0.25) is 5.91 Å². The normalized spacial score (nSPS) is 12.9. The van der Waals surface area contributed by atoms with Gasteiger partial charge in [0.15, 0.2) is 11.5 Å². The highest BCUT2D eigenvalue weighted by atomic mass is 16.5. The molecule has 0 bridgehead atoms. The Morgan fingerprint density at radius 3 is 2.28 bits per heavy atom. The maximum atomic E-state index is 12.5. The number of methoxy groups -OCH3 is 2. The maximum absolute atomic E-state index is 12.5. The number of ether oxygens (including phenoxy) is 2. The number of nitrogens with one attached hydrogen (secondary N) is 2. The van der Waals surface area contributed by atoms with Gasteiger partial charge >= 0.3 is 6.03 Å². The van der Waals surface area contributed by atoms with Crippen LogP contribution in [-0.2, 0) is 11.2 Å². The van der Waals surface area contributed by atoms with Gasteiger partial charge in [-0.25, -0.2) is 4.79 Å². The summed E-state index contributed by atoms with van der Waals surface area (Å²) in [5, 5.41) is 5.64. The van der Waals surface area contributed by atoms with Gasteiger partial charge in [0.25, 0.3) is 0 Å². The molecule has 2 aromatic rings. The summed E-state index contributed by atoms with van der Waals surface area (Å²) in [6.45, 7) is 4.55. The molecule has 2 aromatic carbocycles. The Balaban J connectivity index is 1.71. The van der Waals surface area contributed by atoms with E-state index in [0.29, 0.717) is 22.9 Å². The van der Waals surface area contributed by atoms with E-state index in [4.69, 9.17) is 9.47 Å². The monoisotopic (exact) mass is 397 g/mol. The molecule has 154 valence electrons. The predicted molar refractivity (Wildman–Crippen MR) is 114 cm³/mol. The minimum atomic E-state index is -0.358. The van der Waals surface area contributed by atoms with Gasteiger partial charge in [0.05, 0.1) is 14.2 Å². The summed E-state index contributed by atoms with van der Waals surface area (Å²) in [6.07, 6.45) is 1.79. The quantitative estimate of drug-likeness (QED) is 0.789. The number of hydrogen-bond acceptors (Lipinski definition) is 4. The van der Waals surface area contributed by atoms with E-state index in [-0.39, 0.29) is 17.9 Å². The van der Waals surface area contributed by atoms with Crippen molar-refractivity contribution >= 4 is 29.0 Å². The van der Waals surface area contributed by atoms with Crippen molar-refractivity contribution in [3.8, 4) is 11.5 Å². The molecule has 0 spiro atoms. The Morgan fingerprint density at radius 2 is 1.62 bits per heavy atom. The van der Waals surface area contributed by atoms with E-state index in [1.54, 1.807) is 32.4 Å². The molecular formula is C22H27N3O4. The van der Waals surface area contributed by atoms with Gasteiger partial charge in [-0.3, -0.25) is 4.79 Å². The summed E-state index contributed by atoms with van der Waals surface area (Å²) in [4.78, 5) is 26.7. The molecule has 0 aliphatic carbocycles. The molecule has 0 atom stereocenters. The lowest BCUT2D eigenvalue weighted by atomic mass is 9.99. The molecule has 1 aliphatic heterocycles. The van der Waals surface area contributed by atoms with Crippen LogP contribution in [-0.4, -0.2) is 32.7 Å². The van der Waals surface area contributed by atoms with Crippen molar-refractivity contribution in [3.63, 3.8) is 0 Å². The zero-order chi connectivity index (χ0) is 21.0. The highest BCUT2D eigenvalue weighted by Crippen LogP contribution is 2.32. The third kappa shape index (κ3) is 4.62. The average Bonchev–Trinajstić information content (AvgIpc) is 2.72. The largest absolute Gasteiger partial charge is 0.493 e. The molecule has 29 heavy (non-hydrogen) atoms. The number of carbonyl (C=O) groups is 2. The van der Waals surface area contributed by atoms with Crippen molar-refractivity contribution in [1.82, 2.24) is 0 Å². The van der Waals surface area contributed by atoms with Crippen molar-refractivity contribution < 1.29 is 19.1 Å². The van der Waals surface area contributed by atoms with Crippen LogP contribution < -0.4 is 25.0 Å². The van der Waals surface area contributed by atoms with Gasteiger partial charge in [-0.2, -0.15) is 0 Å². The summed E-state index contributed by atoms with van der Waals surface area (Å²) in [5.74, 6) is 1.20. The number of carbonyl (C=O) groups excluding carboxylic acids is 2. The van der Waals surface area contributed by atoms with Crippen molar-refractivity contribution in [1.29, 1.82) is 0 Å². The van der Waals surface area contributed by atoms with Crippen LogP contribution >= 0.6 is 0 Å². The van der Waals surface area contributed by atoms with Crippen molar-refractivity contribution in [2.24, 2.45) is 5.92 Å². The standard InChI is InChI=1S/C22H27N3O4/c1-14(2)21(26)25-11-5-6-15-12-16(7-9-18(15)25)23-22(27)24-17-8-10-19(28-3)20(13-17)29-4/h7-10,12-14H,5-6,11H2,1-4H3,(H2,23,24,27). The number of urea groups is 1. The van der Waals surface area contributed by atoms with Crippen molar-refractivity contribution in [2.75, 3.05) is 36.3 Å². The lowest BCUT2D eigenvalue weighted by Gasteiger charge is -2.31. The van der Waals surface area contributed by atoms with Crippen LogP contribution in [0.4, 0.5) is 21.9 Å². The fourth-order valence-corrected chi connectivity index (χ4v) is 3.42. The van der Waals surface area contributed by atoms with Gasteiger partial charge in [-0.15, -0.1) is 0 Å². The lowest BCUT2D eigenvalue weighted by Crippen LogP contribution is -2.38. The van der Waals surface area contributed by atoms with E-state index in [0.717, 1.165) is 30.6 Å². The molecule has 0 saturated carbocycles. The van der Waals surface area contributed by atoms with Crippen LogP contribution in [0.5, 0.6) is 11.5 Å². The molecule has 0 fully saturated rings. The summed E-state index contributed by atoms with van der Waals surface area (Å²) < 4.78 is 10.5. The third-order valence-corrected chi connectivity index (χ3v) is 4.86. The zero-order valence-electron chi connectivity index (χ0n) is 17.2. The Kier molecular flexibility index (Phi) is 6.26. The van der Waals surface area contributed by atoms with E-state index >= 15 is 0 Å². The highest BCUT2D eigenvalue weighted by Gasteiger charge is 2.24. The molecule has 0 radical (unpaired) electrons. The van der Waals surface area contributed by atoms with Crippen LogP contribution in [0.15, 0.2) is 36.4 Å². The Hall–Kier alpha value is -3.22. The van der Waals surface area contributed by atoms with Gasteiger partial charge < -0.3 is 25.0 Å². The average molecular weight is 397 g/mol. The van der Waals surface area contributed by atoms with E-state index in [1.165, 1.54) is 0 Å². The highest BCUT2D eigenvalue weighted by molar-refractivity contribution is 6.01. The first-order chi connectivity index (χ1) is 13.9. The van der Waals surface area contributed by atoms with Crippen LogP contribution in [0.3, 0.4) is 0 Å². The first-order valence-corrected chi connectivity index (χ1v) is 9.67. The minimum absolute atomic E-state index is 0.0500. The number of rotatable bonds is 5. The maximum Gasteiger partial charge on any atom is 0.323 e. The second kappa shape index (κ2) is 8.86. The number of nitrogens with zero attached hydrogens (tertiary/aromatic N) is 1. The lowest BCUT2D eigenvalue weighted by molar-refractivity contribution is -0.121. The van der Waals surface area contributed by atoms with Gasteiger partial charge in [0, 0.05) is 35.6 Å². The summed E-state index contributed by atoms with van der Waals surface area (Å²) >= 11 is 0. The Morgan fingerprint density at radius 1 is 0.966 bits per heavy atom. The van der Waals surface area contributed by atoms with Gasteiger partial charge in [-0.05, 0) is 48.7 Å². The first kappa shape index (κ1) is 20.5. The molecule has 3 amide bonds. The number of benzene rings is 2. The van der Waals surface area contributed by atoms with E-state index in [1.807, 2.05) is 36.9 Å². The SMILES string of the molecule is COc1ccc(NC(=O)Nc2ccc3c(c2)CCCN3C(=O)C(C)C)cc1OC. The summed E-state index contributed by atoms with van der Waals surface area (Å²) in [5.41, 5.74) is 3.27. The molecule has 0 saturated heterocycles. The molecule has 0 unspecified atom stereocenters. The van der Waals surface area contributed by atoms with E-state index < -0.39 is 0 Å². The second-order valence-electron chi connectivity index (χ2n) is 7.24. The molecule has 2 N–H and O–H groups in total. The van der Waals surface area contributed by atoms with Crippen molar-refractivity contribution in [2.45, 2.75) is 26.7 Å². The molecule has 1 heterocycles. The van der Waals surface area contributed by atoms with Gasteiger partial charge in [0.1, 0.15) is 0 Å². The van der Waals surface area contributed by atoms with Crippen LogP contribution in [0.25, 0.3) is 0 Å². The van der Waals surface area contributed by atoms with E-state index in [9.17, 15) is 9.59 Å². The number of aryl methyl sites for hydroxylation is 1. The van der Waals surface area contributed by atoms with Crippen LogP contribution in [0.2, 0.25) is 0 Å². The fourth-order valence-electron chi connectivity index (χ4n) is 3.42. The zero-order valence-corrected chi connectivity index (χ0v) is 17.2. The number of anilines is 3. The molecular weight excluding hydrogens is 370 g/mol. The topological polar surface area (TPSA) is 79.9 Å². The summed E-state index contributed by atoms with van der Waals surface area (Å²) in [6, 6.07) is 10.5. The molecule has 7 nitrogen and oxygen atoms in total. The Labute approximate surface area is 171 Å². The smallest absolute Gasteiger partial charge is 0.323 e. The fraction of sp³-hybridized carbons (Fsp3) is 0.364. The molecule has 7 heteroatoms.